The molecule has 2 heteroatoms. The van der Waals surface area contributed by atoms with E-state index in [0.29, 0.717) is 6.42 Å². The number of ether oxygens (including phenoxy) is 1. The summed E-state index contributed by atoms with van der Waals surface area (Å²) in [7, 11) is 1.64. The van der Waals surface area contributed by atoms with E-state index < -0.39 is 0 Å². The Morgan fingerprint density at radius 1 is 1.47 bits per heavy atom. The second-order valence-electron chi connectivity index (χ2n) is 3.22. The van der Waals surface area contributed by atoms with Crippen LogP contribution in [0.4, 0.5) is 0 Å². The van der Waals surface area contributed by atoms with E-state index in [-0.39, 0.29) is 0 Å². The van der Waals surface area contributed by atoms with Crippen molar-refractivity contribution in [3.05, 3.63) is 36.3 Å². The molecule has 0 saturated heterocycles. The minimum Gasteiger partial charge on any atom is -0.501 e. The average Bonchev–Trinajstić information content (AvgIpc) is 2.25. The number of hydrogen-bond donors (Lipinski definition) is 0. The fourth-order valence-electron chi connectivity index (χ4n) is 1.02. The maximum absolute atomic E-state index is 5.05. The molecule has 0 aliphatic rings. The van der Waals surface area contributed by atoms with E-state index in [2.05, 4.69) is 30.6 Å². The Hall–Kier alpha value is -1.31. The van der Waals surface area contributed by atoms with E-state index in [1.807, 2.05) is 13.1 Å². The Morgan fingerprint density at radius 3 is 2.73 bits per heavy atom. The van der Waals surface area contributed by atoms with Crippen LogP contribution in [0.3, 0.4) is 0 Å². The van der Waals surface area contributed by atoms with Crippen molar-refractivity contribution in [2.24, 2.45) is 4.99 Å². The zero-order chi connectivity index (χ0) is 11.5. The lowest BCUT2D eigenvalue weighted by Gasteiger charge is -2.03. The molecule has 0 amide bonds. The lowest BCUT2D eigenvalue weighted by molar-refractivity contribution is 0.285. The molecule has 0 aliphatic carbocycles. The summed E-state index contributed by atoms with van der Waals surface area (Å²) in [6.45, 7) is 7.86. The van der Waals surface area contributed by atoms with Gasteiger partial charge in [0.2, 0.25) is 0 Å². The van der Waals surface area contributed by atoms with Crippen molar-refractivity contribution in [1.82, 2.24) is 0 Å². The van der Waals surface area contributed by atoms with Crippen molar-refractivity contribution in [2.45, 2.75) is 33.1 Å². The van der Waals surface area contributed by atoms with Gasteiger partial charge in [0.1, 0.15) is 0 Å². The van der Waals surface area contributed by atoms with Crippen LogP contribution in [-0.2, 0) is 4.74 Å². The summed E-state index contributed by atoms with van der Waals surface area (Å²) in [6.07, 6.45) is 10.8. The number of hydrogen-bond acceptors (Lipinski definition) is 2. The zero-order valence-electron chi connectivity index (χ0n) is 9.99. The third-order valence-corrected chi connectivity index (χ3v) is 1.87. The number of aliphatic imine (C=N–C) groups is 1. The van der Waals surface area contributed by atoms with Gasteiger partial charge in [-0.3, -0.25) is 4.99 Å². The van der Waals surface area contributed by atoms with Crippen molar-refractivity contribution in [3.8, 4) is 0 Å². The van der Waals surface area contributed by atoms with Gasteiger partial charge in [-0.05, 0) is 18.9 Å². The van der Waals surface area contributed by atoms with Gasteiger partial charge in [-0.1, -0.05) is 32.1 Å². The van der Waals surface area contributed by atoms with Crippen molar-refractivity contribution in [1.29, 1.82) is 0 Å². The molecule has 0 spiro atoms. The average molecular weight is 207 g/mol. The third-order valence-electron chi connectivity index (χ3n) is 1.87. The Morgan fingerprint density at radius 2 is 2.20 bits per heavy atom. The van der Waals surface area contributed by atoms with Gasteiger partial charge < -0.3 is 4.74 Å². The van der Waals surface area contributed by atoms with E-state index >= 15 is 0 Å². The first kappa shape index (κ1) is 13.7. The van der Waals surface area contributed by atoms with Crippen LogP contribution in [-0.4, -0.2) is 13.3 Å². The largest absolute Gasteiger partial charge is 0.501 e. The molecule has 84 valence electrons. The van der Waals surface area contributed by atoms with Crippen LogP contribution in [0.15, 0.2) is 41.3 Å². The van der Waals surface area contributed by atoms with Crippen LogP contribution in [0.2, 0.25) is 0 Å². The van der Waals surface area contributed by atoms with Gasteiger partial charge >= 0.3 is 0 Å². The summed E-state index contributed by atoms with van der Waals surface area (Å²) in [4.78, 5) is 4.10. The first-order valence-corrected chi connectivity index (χ1v) is 5.29. The maximum Gasteiger partial charge on any atom is 0.0928 e. The monoisotopic (exact) mass is 207 g/mol. The van der Waals surface area contributed by atoms with Gasteiger partial charge in [0.05, 0.1) is 12.9 Å². The van der Waals surface area contributed by atoms with Gasteiger partial charge in [0, 0.05) is 18.8 Å². The molecule has 0 saturated carbocycles. The molecule has 0 atom stereocenters. The van der Waals surface area contributed by atoms with Crippen LogP contribution in [0, 0.1) is 0 Å². The smallest absolute Gasteiger partial charge is 0.0928 e. The summed E-state index contributed by atoms with van der Waals surface area (Å²) >= 11 is 0. The molecule has 0 rings (SSSR count). The molecule has 0 aliphatic heterocycles. The summed E-state index contributed by atoms with van der Waals surface area (Å²) in [6, 6.07) is 0. The molecule has 0 aromatic carbocycles. The van der Waals surface area contributed by atoms with E-state index in [9.17, 15) is 0 Å². The van der Waals surface area contributed by atoms with E-state index in [4.69, 9.17) is 4.74 Å². The Kier molecular flexibility index (Phi) is 8.44. The lowest BCUT2D eigenvalue weighted by atomic mass is 10.1. The Labute approximate surface area is 93.1 Å². The minimum atomic E-state index is 0.716. The molecule has 0 heterocycles. The summed E-state index contributed by atoms with van der Waals surface area (Å²) in [5.41, 5.74) is 1.12. The highest BCUT2D eigenvalue weighted by atomic mass is 16.5. The quantitative estimate of drug-likeness (QED) is 0.353. The first-order chi connectivity index (χ1) is 7.24. The fraction of sp³-hybridized carbons (Fsp3) is 0.462. The van der Waals surface area contributed by atoms with Crippen molar-refractivity contribution >= 4 is 6.21 Å². The van der Waals surface area contributed by atoms with E-state index in [1.54, 1.807) is 13.3 Å². The van der Waals surface area contributed by atoms with Crippen LogP contribution in [0.25, 0.3) is 0 Å². The molecule has 0 radical (unpaired) electrons. The van der Waals surface area contributed by atoms with E-state index in [0.717, 1.165) is 24.2 Å². The second-order valence-corrected chi connectivity index (χ2v) is 3.22. The molecule has 0 unspecified atom stereocenters. The first-order valence-electron chi connectivity index (χ1n) is 5.29. The van der Waals surface area contributed by atoms with Crippen LogP contribution < -0.4 is 0 Å². The summed E-state index contributed by atoms with van der Waals surface area (Å²) in [5, 5.41) is 0. The number of methoxy groups -OCH3 is 1. The van der Waals surface area contributed by atoms with Gasteiger partial charge in [-0.2, -0.15) is 0 Å². The molecule has 15 heavy (non-hydrogen) atoms. The van der Waals surface area contributed by atoms with Crippen molar-refractivity contribution < 1.29 is 4.74 Å². The minimum absolute atomic E-state index is 0.716. The molecular weight excluding hydrogens is 186 g/mol. The van der Waals surface area contributed by atoms with Crippen LogP contribution in [0.1, 0.15) is 33.1 Å². The molecule has 0 fully saturated rings. The van der Waals surface area contributed by atoms with Gasteiger partial charge in [-0.15, -0.1) is 0 Å². The van der Waals surface area contributed by atoms with Crippen molar-refractivity contribution in [2.75, 3.05) is 7.11 Å². The number of unbranched alkanes of at least 4 members (excludes halogenated alkanes) is 1. The summed E-state index contributed by atoms with van der Waals surface area (Å²) < 4.78 is 5.05. The highest BCUT2D eigenvalue weighted by Gasteiger charge is 1.96. The number of rotatable bonds is 7. The van der Waals surface area contributed by atoms with Gasteiger partial charge in [0.25, 0.3) is 0 Å². The molecule has 0 aromatic rings. The Bertz CT molecular complexity index is 262. The molecular formula is C13H21NO. The second kappa shape index (κ2) is 9.25. The highest BCUT2D eigenvalue weighted by Crippen LogP contribution is 2.12. The van der Waals surface area contributed by atoms with Crippen molar-refractivity contribution in [3.63, 3.8) is 0 Å². The predicted octanol–water partition coefficient (Wildman–Crippen LogP) is 3.87. The fourth-order valence-corrected chi connectivity index (χ4v) is 1.02. The normalized spacial score (nSPS) is 12.6. The molecule has 0 N–H and O–H groups in total. The maximum atomic E-state index is 5.05. The third kappa shape index (κ3) is 7.74. The van der Waals surface area contributed by atoms with Crippen LogP contribution >= 0.6 is 0 Å². The van der Waals surface area contributed by atoms with E-state index in [1.165, 1.54) is 0 Å². The Balaban J connectivity index is 4.37. The SMILES string of the molecule is C=C(CC(=C/N=CC)/C=C/CCC)OC. The lowest BCUT2D eigenvalue weighted by Crippen LogP contribution is -1.87. The number of nitrogens with zero attached hydrogens (tertiary/aromatic N) is 1. The van der Waals surface area contributed by atoms with Gasteiger partial charge in [-0.25, -0.2) is 0 Å². The van der Waals surface area contributed by atoms with Gasteiger partial charge in [0.15, 0.2) is 0 Å². The standard InChI is InChI=1S/C13H21NO/c1-5-7-8-9-13(11-14-6-2)10-12(3)15-4/h6,8-9,11H,3,5,7,10H2,1-2,4H3/b9-8+,13-11+,14-6?. The van der Waals surface area contributed by atoms with Crippen LogP contribution in [0.5, 0.6) is 0 Å². The molecule has 2 nitrogen and oxygen atoms in total. The summed E-state index contributed by atoms with van der Waals surface area (Å²) in [5.74, 6) is 0.758. The number of allylic oxidation sites excluding steroid dienone is 3. The topological polar surface area (TPSA) is 21.6 Å². The molecule has 0 bridgehead atoms. The molecule has 0 aromatic heterocycles. The predicted molar refractivity (Wildman–Crippen MR) is 67.1 cm³/mol. The zero-order valence-corrected chi connectivity index (χ0v) is 9.99. The highest BCUT2D eigenvalue weighted by molar-refractivity contribution is 5.54.